The lowest BCUT2D eigenvalue weighted by Gasteiger charge is -2.36. The van der Waals surface area contributed by atoms with E-state index in [-0.39, 0.29) is 11.8 Å². The zero-order valence-corrected chi connectivity index (χ0v) is 18.2. The standard InChI is InChI=1S/C24H21Cl2N3O2/c25-21-11-6-18(16-22(21)26)23(30)27-19-7-9-20(10-8-19)28-12-14-29(15-13-28)24(31)17-4-2-1-3-5-17/h1-11,16H,12-15H2,(H,27,30). The fourth-order valence-electron chi connectivity index (χ4n) is 3.53. The van der Waals surface area contributed by atoms with Crippen LogP contribution in [0.2, 0.25) is 10.0 Å². The normalized spacial score (nSPS) is 13.7. The Balaban J connectivity index is 1.34. The van der Waals surface area contributed by atoms with Gasteiger partial charge in [-0.25, -0.2) is 0 Å². The molecule has 0 bridgehead atoms. The molecule has 1 aliphatic rings. The number of halogens is 2. The van der Waals surface area contributed by atoms with Crippen LogP contribution in [0.3, 0.4) is 0 Å². The van der Waals surface area contributed by atoms with Crippen LogP contribution >= 0.6 is 23.2 Å². The predicted molar refractivity (Wildman–Crippen MR) is 125 cm³/mol. The summed E-state index contributed by atoms with van der Waals surface area (Å²) < 4.78 is 0. The minimum Gasteiger partial charge on any atom is -0.368 e. The molecule has 7 heteroatoms. The van der Waals surface area contributed by atoms with Gasteiger partial charge in [-0.3, -0.25) is 9.59 Å². The average molecular weight is 454 g/mol. The highest BCUT2D eigenvalue weighted by atomic mass is 35.5. The Morgan fingerprint density at radius 3 is 2.06 bits per heavy atom. The van der Waals surface area contributed by atoms with Gasteiger partial charge in [-0.1, -0.05) is 41.4 Å². The largest absolute Gasteiger partial charge is 0.368 e. The number of benzene rings is 3. The molecule has 0 radical (unpaired) electrons. The molecule has 1 N–H and O–H groups in total. The van der Waals surface area contributed by atoms with Crippen molar-refractivity contribution in [3.8, 4) is 0 Å². The van der Waals surface area contributed by atoms with Gasteiger partial charge in [0.25, 0.3) is 11.8 Å². The van der Waals surface area contributed by atoms with E-state index in [0.717, 1.165) is 24.3 Å². The molecule has 31 heavy (non-hydrogen) atoms. The van der Waals surface area contributed by atoms with E-state index in [2.05, 4.69) is 10.2 Å². The summed E-state index contributed by atoms with van der Waals surface area (Å²) in [4.78, 5) is 29.1. The molecular weight excluding hydrogens is 433 g/mol. The van der Waals surface area contributed by atoms with Crippen molar-refractivity contribution >= 4 is 46.4 Å². The van der Waals surface area contributed by atoms with Gasteiger partial charge in [0.15, 0.2) is 0 Å². The first-order chi connectivity index (χ1) is 15.0. The molecule has 1 saturated heterocycles. The van der Waals surface area contributed by atoms with Gasteiger partial charge in [0.05, 0.1) is 10.0 Å². The summed E-state index contributed by atoms with van der Waals surface area (Å²) in [5, 5.41) is 3.62. The van der Waals surface area contributed by atoms with Crippen LogP contribution in [0, 0.1) is 0 Å². The molecule has 0 saturated carbocycles. The summed E-state index contributed by atoms with van der Waals surface area (Å²) in [5.74, 6) is -0.181. The molecular formula is C24H21Cl2N3O2. The van der Waals surface area contributed by atoms with Crippen molar-refractivity contribution in [1.82, 2.24) is 4.90 Å². The molecule has 0 spiro atoms. The maximum absolute atomic E-state index is 12.6. The number of nitrogens with zero attached hydrogens (tertiary/aromatic N) is 2. The van der Waals surface area contributed by atoms with E-state index in [1.807, 2.05) is 59.5 Å². The number of carbonyl (C=O) groups excluding carboxylic acids is 2. The van der Waals surface area contributed by atoms with Crippen LogP contribution < -0.4 is 10.2 Å². The number of carbonyl (C=O) groups is 2. The lowest BCUT2D eigenvalue weighted by atomic mass is 10.1. The summed E-state index contributed by atoms with van der Waals surface area (Å²) >= 11 is 11.9. The van der Waals surface area contributed by atoms with E-state index in [4.69, 9.17) is 23.2 Å². The van der Waals surface area contributed by atoms with Crippen LogP contribution in [-0.2, 0) is 0 Å². The molecule has 158 valence electrons. The summed E-state index contributed by atoms with van der Waals surface area (Å²) in [6, 6.07) is 21.8. The van der Waals surface area contributed by atoms with Gasteiger partial charge in [0.1, 0.15) is 0 Å². The molecule has 4 rings (SSSR count). The lowest BCUT2D eigenvalue weighted by Crippen LogP contribution is -2.48. The van der Waals surface area contributed by atoms with Crippen LogP contribution in [0.1, 0.15) is 20.7 Å². The molecule has 0 atom stereocenters. The predicted octanol–water partition coefficient (Wildman–Crippen LogP) is 5.21. The first kappa shape index (κ1) is 21.2. The fraction of sp³-hybridized carbons (Fsp3) is 0.167. The maximum Gasteiger partial charge on any atom is 0.255 e. The Kier molecular flexibility index (Phi) is 6.44. The lowest BCUT2D eigenvalue weighted by molar-refractivity contribution is 0.0746. The van der Waals surface area contributed by atoms with Crippen molar-refractivity contribution in [2.24, 2.45) is 0 Å². The number of hydrogen-bond acceptors (Lipinski definition) is 3. The maximum atomic E-state index is 12.6. The third kappa shape index (κ3) is 5.01. The van der Waals surface area contributed by atoms with Gasteiger partial charge < -0.3 is 15.1 Å². The number of piperazine rings is 1. The van der Waals surface area contributed by atoms with Gasteiger partial charge in [0.2, 0.25) is 0 Å². The number of rotatable bonds is 4. The molecule has 3 aromatic rings. The van der Waals surface area contributed by atoms with E-state index >= 15 is 0 Å². The van der Waals surface area contributed by atoms with Crippen LogP contribution in [0.4, 0.5) is 11.4 Å². The Morgan fingerprint density at radius 2 is 1.42 bits per heavy atom. The summed E-state index contributed by atoms with van der Waals surface area (Å²) in [5.41, 5.74) is 2.91. The zero-order valence-electron chi connectivity index (χ0n) is 16.7. The molecule has 1 aliphatic heterocycles. The Hall–Kier alpha value is -3.02. The first-order valence-corrected chi connectivity index (χ1v) is 10.7. The van der Waals surface area contributed by atoms with Crippen LogP contribution in [0.25, 0.3) is 0 Å². The van der Waals surface area contributed by atoms with E-state index in [9.17, 15) is 9.59 Å². The topological polar surface area (TPSA) is 52.7 Å². The van der Waals surface area contributed by atoms with Crippen molar-refractivity contribution in [3.63, 3.8) is 0 Å². The molecule has 0 aromatic heterocycles. The molecule has 2 amide bonds. The summed E-state index contributed by atoms with van der Waals surface area (Å²) in [6.07, 6.45) is 0. The van der Waals surface area contributed by atoms with Crippen molar-refractivity contribution in [3.05, 3.63) is 94.0 Å². The second-order valence-electron chi connectivity index (χ2n) is 7.28. The monoisotopic (exact) mass is 453 g/mol. The number of nitrogens with one attached hydrogen (secondary N) is 1. The van der Waals surface area contributed by atoms with Crippen LogP contribution in [0.5, 0.6) is 0 Å². The highest BCUT2D eigenvalue weighted by Gasteiger charge is 2.22. The van der Waals surface area contributed by atoms with Crippen molar-refractivity contribution < 1.29 is 9.59 Å². The van der Waals surface area contributed by atoms with E-state index in [1.165, 1.54) is 0 Å². The molecule has 1 fully saturated rings. The van der Waals surface area contributed by atoms with E-state index in [1.54, 1.807) is 18.2 Å². The average Bonchev–Trinajstić information content (AvgIpc) is 2.81. The second kappa shape index (κ2) is 9.41. The second-order valence-corrected chi connectivity index (χ2v) is 8.09. The SMILES string of the molecule is O=C(Nc1ccc(N2CCN(C(=O)c3ccccc3)CC2)cc1)c1ccc(Cl)c(Cl)c1. The van der Waals surface area contributed by atoms with Crippen LogP contribution in [0.15, 0.2) is 72.8 Å². The Bertz CT molecular complexity index is 1080. The Morgan fingerprint density at radius 1 is 0.742 bits per heavy atom. The van der Waals surface area contributed by atoms with Gasteiger partial charge >= 0.3 is 0 Å². The smallest absolute Gasteiger partial charge is 0.255 e. The quantitative estimate of drug-likeness (QED) is 0.589. The van der Waals surface area contributed by atoms with Crippen molar-refractivity contribution in [1.29, 1.82) is 0 Å². The first-order valence-electron chi connectivity index (χ1n) is 9.97. The van der Waals surface area contributed by atoms with Crippen LogP contribution in [-0.4, -0.2) is 42.9 Å². The van der Waals surface area contributed by atoms with Gasteiger partial charge in [-0.05, 0) is 54.6 Å². The van der Waals surface area contributed by atoms with Gasteiger partial charge in [0, 0.05) is 48.7 Å². The van der Waals surface area contributed by atoms with Gasteiger partial charge in [-0.2, -0.15) is 0 Å². The Labute approximate surface area is 191 Å². The molecule has 0 aliphatic carbocycles. The number of anilines is 2. The van der Waals surface area contributed by atoms with Crippen molar-refractivity contribution in [2.45, 2.75) is 0 Å². The van der Waals surface area contributed by atoms with E-state index in [0.29, 0.717) is 34.4 Å². The minimum absolute atomic E-state index is 0.0700. The number of hydrogen-bond donors (Lipinski definition) is 1. The highest BCUT2D eigenvalue weighted by Crippen LogP contribution is 2.24. The summed E-state index contributed by atoms with van der Waals surface area (Å²) in [7, 11) is 0. The fourth-order valence-corrected chi connectivity index (χ4v) is 3.83. The minimum atomic E-state index is -0.251. The third-order valence-electron chi connectivity index (χ3n) is 5.26. The third-order valence-corrected chi connectivity index (χ3v) is 6.00. The zero-order chi connectivity index (χ0) is 21.8. The van der Waals surface area contributed by atoms with Crippen molar-refractivity contribution in [2.75, 3.05) is 36.4 Å². The van der Waals surface area contributed by atoms with Gasteiger partial charge in [-0.15, -0.1) is 0 Å². The highest BCUT2D eigenvalue weighted by molar-refractivity contribution is 6.42. The number of amides is 2. The molecule has 5 nitrogen and oxygen atoms in total. The summed E-state index contributed by atoms with van der Waals surface area (Å²) in [6.45, 7) is 2.86. The molecule has 3 aromatic carbocycles. The molecule has 0 unspecified atom stereocenters. The van der Waals surface area contributed by atoms with E-state index < -0.39 is 0 Å². The molecule has 1 heterocycles.